The third-order valence-electron chi connectivity index (χ3n) is 4.80. The summed E-state index contributed by atoms with van der Waals surface area (Å²) in [6.07, 6.45) is 0.922. The van der Waals surface area contributed by atoms with Gasteiger partial charge >= 0.3 is 0 Å². The standard InChI is InChI=1S/C19H31NO2/c1-13-7-16(4)17(5)19(8-13)22-12-18(21)11-20-9-14(2)6-15(3)10-20/h7-8,14-15,18,21H,6,9-12H2,1-5H3/p+1/t14-,15-,18-/m0/s1. The minimum absolute atomic E-state index is 0.385. The molecule has 1 aliphatic heterocycles. The van der Waals surface area contributed by atoms with Gasteiger partial charge in [-0.15, -0.1) is 0 Å². The predicted molar refractivity (Wildman–Crippen MR) is 90.7 cm³/mol. The maximum absolute atomic E-state index is 10.3. The minimum Gasteiger partial charge on any atom is -0.490 e. The van der Waals surface area contributed by atoms with Crippen molar-refractivity contribution in [2.24, 2.45) is 11.8 Å². The van der Waals surface area contributed by atoms with E-state index in [2.05, 4.69) is 46.8 Å². The van der Waals surface area contributed by atoms with Crippen LogP contribution in [0, 0.1) is 32.6 Å². The van der Waals surface area contributed by atoms with Gasteiger partial charge in [-0.2, -0.15) is 0 Å². The second-order valence-electron chi connectivity index (χ2n) is 7.48. The first-order valence-corrected chi connectivity index (χ1v) is 8.57. The van der Waals surface area contributed by atoms with Gasteiger partial charge in [-0.1, -0.05) is 19.9 Å². The van der Waals surface area contributed by atoms with E-state index in [1.807, 2.05) is 0 Å². The van der Waals surface area contributed by atoms with Crippen LogP contribution in [-0.4, -0.2) is 37.5 Å². The van der Waals surface area contributed by atoms with Gasteiger partial charge < -0.3 is 14.7 Å². The number of rotatable bonds is 5. The first-order valence-electron chi connectivity index (χ1n) is 8.57. The Kier molecular flexibility index (Phi) is 5.87. The molecule has 124 valence electrons. The van der Waals surface area contributed by atoms with Crippen LogP contribution in [0.5, 0.6) is 5.75 Å². The molecule has 0 spiro atoms. The van der Waals surface area contributed by atoms with Gasteiger partial charge in [-0.3, -0.25) is 0 Å². The lowest BCUT2D eigenvalue weighted by molar-refractivity contribution is -0.915. The lowest BCUT2D eigenvalue weighted by atomic mass is 9.92. The summed E-state index contributed by atoms with van der Waals surface area (Å²) in [4.78, 5) is 1.51. The zero-order chi connectivity index (χ0) is 16.3. The number of likely N-dealkylation sites (tertiary alicyclic amines) is 1. The van der Waals surface area contributed by atoms with Crippen LogP contribution < -0.4 is 9.64 Å². The molecule has 1 heterocycles. The van der Waals surface area contributed by atoms with Gasteiger partial charge in [-0.25, -0.2) is 0 Å². The van der Waals surface area contributed by atoms with Crippen molar-refractivity contribution in [3.8, 4) is 5.75 Å². The first-order chi connectivity index (χ1) is 10.3. The quantitative estimate of drug-likeness (QED) is 0.871. The highest BCUT2D eigenvalue weighted by Gasteiger charge is 2.26. The fraction of sp³-hybridized carbons (Fsp3) is 0.684. The third kappa shape index (κ3) is 4.72. The molecule has 0 bridgehead atoms. The van der Waals surface area contributed by atoms with E-state index in [0.29, 0.717) is 6.61 Å². The van der Waals surface area contributed by atoms with Gasteiger partial charge in [0.1, 0.15) is 25.0 Å². The lowest BCUT2D eigenvalue weighted by Gasteiger charge is -2.33. The summed E-state index contributed by atoms with van der Waals surface area (Å²) in [6.45, 7) is 14.4. The summed E-state index contributed by atoms with van der Waals surface area (Å²) in [5.74, 6) is 2.43. The molecule has 2 rings (SSSR count). The van der Waals surface area contributed by atoms with Gasteiger partial charge in [0.15, 0.2) is 0 Å². The molecule has 1 saturated heterocycles. The van der Waals surface area contributed by atoms with Crippen LogP contribution in [0.15, 0.2) is 12.1 Å². The van der Waals surface area contributed by atoms with Crippen molar-refractivity contribution >= 4 is 0 Å². The van der Waals surface area contributed by atoms with Crippen LogP contribution in [0.4, 0.5) is 0 Å². The van der Waals surface area contributed by atoms with Crippen molar-refractivity contribution in [1.29, 1.82) is 0 Å². The largest absolute Gasteiger partial charge is 0.490 e. The molecule has 22 heavy (non-hydrogen) atoms. The maximum atomic E-state index is 10.3. The molecule has 1 aromatic rings. The van der Waals surface area contributed by atoms with E-state index in [1.54, 1.807) is 0 Å². The van der Waals surface area contributed by atoms with Gasteiger partial charge in [-0.05, 0) is 49.9 Å². The van der Waals surface area contributed by atoms with Crippen LogP contribution in [0.2, 0.25) is 0 Å². The number of aliphatic hydroxyl groups excluding tert-OH is 1. The van der Waals surface area contributed by atoms with Crippen LogP contribution in [-0.2, 0) is 0 Å². The number of hydrogen-bond acceptors (Lipinski definition) is 2. The summed E-state index contributed by atoms with van der Waals surface area (Å²) in [5.41, 5.74) is 3.62. The topological polar surface area (TPSA) is 33.9 Å². The number of piperidine rings is 1. The molecule has 0 aromatic heterocycles. The van der Waals surface area contributed by atoms with Gasteiger partial charge in [0.25, 0.3) is 0 Å². The van der Waals surface area contributed by atoms with Gasteiger partial charge in [0.05, 0.1) is 13.1 Å². The van der Waals surface area contributed by atoms with Crippen molar-refractivity contribution < 1.29 is 14.7 Å². The van der Waals surface area contributed by atoms with Crippen molar-refractivity contribution in [1.82, 2.24) is 0 Å². The summed E-state index contributed by atoms with van der Waals surface area (Å²) in [7, 11) is 0. The minimum atomic E-state index is -0.396. The highest BCUT2D eigenvalue weighted by molar-refractivity contribution is 5.41. The number of quaternary nitrogens is 1. The predicted octanol–water partition coefficient (Wildman–Crippen LogP) is 1.91. The van der Waals surface area contributed by atoms with Gasteiger partial charge in [0.2, 0.25) is 0 Å². The van der Waals surface area contributed by atoms with Crippen molar-refractivity contribution in [3.63, 3.8) is 0 Å². The first kappa shape index (κ1) is 17.3. The van der Waals surface area contributed by atoms with Crippen LogP contribution in [0.25, 0.3) is 0 Å². The van der Waals surface area contributed by atoms with Crippen molar-refractivity contribution in [3.05, 3.63) is 28.8 Å². The molecule has 0 unspecified atom stereocenters. The average Bonchev–Trinajstić information content (AvgIpc) is 2.40. The highest BCUT2D eigenvalue weighted by Crippen LogP contribution is 2.23. The zero-order valence-corrected chi connectivity index (χ0v) is 14.8. The molecule has 1 fully saturated rings. The molecular formula is C19H32NO2+. The van der Waals surface area contributed by atoms with Gasteiger partial charge in [0, 0.05) is 11.8 Å². The number of ether oxygens (including phenoxy) is 1. The Bertz CT molecular complexity index is 490. The molecule has 2 N–H and O–H groups in total. The summed E-state index contributed by atoms with van der Waals surface area (Å²) < 4.78 is 5.89. The number of aryl methyl sites for hydroxylation is 2. The maximum Gasteiger partial charge on any atom is 0.137 e. The van der Waals surface area contributed by atoms with Crippen LogP contribution >= 0.6 is 0 Å². The van der Waals surface area contributed by atoms with E-state index in [1.165, 1.54) is 41.1 Å². The molecular weight excluding hydrogens is 274 g/mol. The Labute approximate surface area is 135 Å². The lowest BCUT2D eigenvalue weighted by Crippen LogP contribution is -3.15. The second-order valence-corrected chi connectivity index (χ2v) is 7.48. The number of hydrogen-bond donors (Lipinski definition) is 2. The monoisotopic (exact) mass is 306 g/mol. The summed E-state index contributed by atoms with van der Waals surface area (Å²) in [6, 6.07) is 4.23. The van der Waals surface area contributed by atoms with Crippen molar-refractivity contribution in [2.45, 2.75) is 47.1 Å². The highest BCUT2D eigenvalue weighted by atomic mass is 16.5. The smallest absolute Gasteiger partial charge is 0.137 e. The second kappa shape index (κ2) is 7.47. The number of nitrogens with one attached hydrogen (secondary N) is 1. The molecule has 0 aliphatic carbocycles. The third-order valence-corrected chi connectivity index (χ3v) is 4.80. The molecule has 0 radical (unpaired) electrons. The summed E-state index contributed by atoms with van der Waals surface area (Å²) >= 11 is 0. The number of benzene rings is 1. The molecule has 3 nitrogen and oxygen atoms in total. The Morgan fingerprint density at radius 1 is 1.18 bits per heavy atom. The zero-order valence-electron chi connectivity index (χ0n) is 14.8. The Balaban J connectivity index is 1.86. The fourth-order valence-electron chi connectivity index (χ4n) is 3.82. The summed E-state index contributed by atoms with van der Waals surface area (Å²) in [5, 5.41) is 10.3. The van der Waals surface area contributed by atoms with Crippen LogP contribution in [0.3, 0.4) is 0 Å². The van der Waals surface area contributed by atoms with E-state index in [9.17, 15) is 5.11 Å². The van der Waals surface area contributed by atoms with Crippen LogP contribution in [0.1, 0.15) is 37.0 Å². The van der Waals surface area contributed by atoms with E-state index < -0.39 is 6.10 Å². The Morgan fingerprint density at radius 2 is 1.82 bits per heavy atom. The Hall–Kier alpha value is -1.06. The van der Waals surface area contributed by atoms with E-state index in [-0.39, 0.29) is 0 Å². The molecule has 3 atom stereocenters. The normalized spacial score (nSPS) is 26.7. The number of aliphatic hydroxyl groups is 1. The van der Waals surface area contributed by atoms with E-state index in [0.717, 1.165) is 24.1 Å². The SMILES string of the molecule is Cc1cc(C)c(C)c(OC[C@@H](O)C[NH+]2C[C@@H](C)C[C@H](C)C2)c1. The Morgan fingerprint density at radius 3 is 2.45 bits per heavy atom. The van der Waals surface area contributed by atoms with E-state index >= 15 is 0 Å². The van der Waals surface area contributed by atoms with Crippen molar-refractivity contribution in [2.75, 3.05) is 26.2 Å². The van der Waals surface area contributed by atoms with E-state index in [4.69, 9.17) is 4.74 Å². The molecule has 3 heteroatoms. The molecule has 0 amide bonds. The average molecular weight is 306 g/mol. The molecule has 1 aromatic carbocycles. The fourth-order valence-corrected chi connectivity index (χ4v) is 3.82. The molecule has 0 saturated carbocycles. The molecule has 1 aliphatic rings.